The second-order valence-electron chi connectivity index (χ2n) is 4.31. The fourth-order valence-electron chi connectivity index (χ4n) is 1.62. The van der Waals surface area contributed by atoms with Gasteiger partial charge in [0.1, 0.15) is 0 Å². The zero-order valence-electron chi connectivity index (χ0n) is 9.86. The standard InChI is InChI=1S/C13H15NO2S/c1-8(2)14-7-11-6-10-5-9(13(15)16)3-4-12(10)17-11/h3-6,8,14H,7H2,1-2H3,(H,15,16). The van der Waals surface area contributed by atoms with Crippen molar-refractivity contribution in [2.45, 2.75) is 26.4 Å². The summed E-state index contributed by atoms with van der Waals surface area (Å²) < 4.78 is 1.13. The monoisotopic (exact) mass is 249 g/mol. The number of carbonyl (C=O) groups is 1. The third kappa shape index (κ3) is 2.84. The highest BCUT2D eigenvalue weighted by atomic mass is 32.1. The zero-order chi connectivity index (χ0) is 12.4. The van der Waals surface area contributed by atoms with Crippen LogP contribution in [-0.4, -0.2) is 17.1 Å². The predicted octanol–water partition coefficient (Wildman–Crippen LogP) is 3.10. The van der Waals surface area contributed by atoms with Crippen LogP contribution in [0.15, 0.2) is 24.3 Å². The summed E-state index contributed by atoms with van der Waals surface area (Å²) in [6.45, 7) is 5.05. The summed E-state index contributed by atoms with van der Waals surface area (Å²) >= 11 is 1.70. The fourth-order valence-corrected chi connectivity index (χ4v) is 2.62. The van der Waals surface area contributed by atoms with Gasteiger partial charge in [0.2, 0.25) is 0 Å². The van der Waals surface area contributed by atoms with Crippen molar-refractivity contribution in [3.05, 3.63) is 34.7 Å². The summed E-state index contributed by atoms with van der Waals surface area (Å²) in [5.74, 6) is -0.875. The number of thiophene rings is 1. The summed E-state index contributed by atoms with van der Waals surface area (Å²) in [7, 11) is 0. The van der Waals surface area contributed by atoms with E-state index in [2.05, 4.69) is 25.2 Å². The maximum atomic E-state index is 10.9. The van der Waals surface area contributed by atoms with Crippen LogP contribution in [-0.2, 0) is 6.54 Å². The van der Waals surface area contributed by atoms with Gasteiger partial charge in [0.15, 0.2) is 0 Å². The summed E-state index contributed by atoms with van der Waals surface area (Å²) in [5.41, 5.74) is 0.346. The summed E-state index contributed by atoms with van der Waals surface area (Å²) in [6, 6.07) is 7.77. The van der Waals surface area contributed by atoms with Gasteiger partial charge in [0.05, 0.1) is 5.56 Å². The molecule has 0 aliphatic rings. The molecule has 17 heavy (non-hydrogen) atoms. The van der Waals surface area contributed by atoms with Crippen LogP contribution in [0.5, 0.6) is 0 Å². The zero-order valence-corrected chi connectivity index (χ0v) is 10.7. The third-order valence-electron chi connectivity index (χ3n) is 2.50. The lowest BCUT2D eigenvalue weighted by molar-refractivity contribution is 0.0697. The molecular weight excluding hydrogens is 234 g/mol. The van der Waals surface area contributed by atoms with Crippen LogP contribution in [0.1, 0.15) is 29.1 Å². The molecule has 0 saturated heterocycles. The van der Waals surface area contributed by atoms with Gasteiger partial charge in [-0.1, -0.05) is 13.8 Å². The van der Waals surface area contributed by atoms with Crippen molar-refractivity contribution in [1.82, 2.24) is 5.32 Å². The lowest BCUT2D eigenvalue weighted by atomic mass is 10.1. The number of carboxylic acids is 1. The number of hydrogen-bond donors (Lipinski definition) is 2. The van der Waals surface area contributed by atoms with E-state index in [1.807, 2.05) is 6.07 Å². The van der Waals surface area contributed by atoms with Gasteiger partial charge < -0.3 is 10.4 Å². The first-order chi connectivity index (χ1) is 8.06. The fraction of sp³-hybridized carbons (Fsp3) is 0.308. The average Bonchev–Trinajstić information content (AvgIpc) is 2.67. The van der Waals surface area contributed by atoms with Gasteiger partial charge in [-0.25, -0.2) is 4.79 Å². The molecule has 2 rings (SSSR count). The van der Waals surface area contributed by atoms with E-state index >= 15 is 0 Å². The molecule has 1 aromatic heterocycles. The first kappa shape index (κ1) is 12.1. The number of nitrogens with one attached hydrogen (secondary N) is 1. The van der Waals surface area contributed by atoms with Crippen molar-refractivity contribution in [3.63, 3.8) is 0 Å². The Bertz CT molecular complexity index is 545. The minimum absolute atomic E-state index is 0.346. The molecule has 0 radical (unpaired) electrons. The Kier molecular flexibility index (Phi) is 3.45. The molecule has 4 heteroatoms. The minimum Gasteiger partial charge on any atom is -0.478 e. The van der Waals surface area contributed by atoms with E-state index in [0.717, 1.165) is 16.6 Å². The highest BCUT2D eigenvalue weighted by Gasteiger charge is 2.06. The minimum atomic E-state index is -0.875. The van der Waals surface area contributed by atoms with E-state index in [0.29, 0.717) is 11.6 Å². The van der Waals surface area contributed by atoms with Gasteiger partial charge in [0, 0.05) is 22.2 Å². The van der Waals surface area contributed by atoms with Crippen LogP contribution >= 0.6 is 11.3 Å². The number of benzene rings is 1. The van der Waals surface area contributed by atoms with Crippen LogP contribution < -0.4 is 5.32 Å². The third-order valence-corrected chi connectivity index (χ3v) is 3.61. The van der Waals surface area contributed by atoms with Gasteiger partial charge in [-0.2, -0.15) is 0 Å². The number of carboxylic acid groups (broad SMARTS) is 1. The molecular formula is C13H15NO2S. The van der Waals surface area contributed by atoms with E-state index < -0.39 is 5.97 Å². The Balaban J connectivity index is 2.27. The molecule has 0 aliphatic carbocycles. The summed E-state index contributed by atoms with van der Waals surface area (Å²) in [5, 5.41) is 13.3. The largest absolute Gasteiger partial charge is 0.478 e. The van der Waals surface area contributed by atoms with Crippen molar-refractivity contribution in [3.8, 4) is 0 Å². The molecule has 90 valence electrons. The molecule has 0 spiro atoms. The highest BCUT2D eigenvalue weighted by Crippen LogP contribution is 2.26. The van der Waals surface area contributed by atoms with E-state index in [-0.39, 0.29) is 0 Å². The molecule has 0 fully saturated rings. The van der Waals surface area contributed by atoms with Crippen molar-refractivity contribution in [2.75, 3.05) is 0 Å². The second kappa shape index (κ2) is 4.85. The van der Waals surface area contributed by atoms with Crippen molar-refractivity contribution in [2.24, 2.45) is 0 Å². The number of aromatic carboxylic acids is 1. The number of fused-ring (bicyclic) bond motifs is 1. The molecule has 1 aromatic carbocycles. The lowest BCUT2D eigenvalue weighted by Gasteiger charge is -2.04. The number of hydrogen-bond acceptors (Lipinski definition) is 3. The van der Waals surface area contributed by atoms with Crippen LogP contribution in [0.2, 0.25) is 0 Å². The van der Waals surface area contributed by atoms with Gasteiger partial charge in [-0.3, -0.25) is 0 Å². The van der Waals surface area contributed by atoms with Crippen LogP contribution in [0.3, 0.4) is 0 Å². The maximum absolute atomic E-state index is 10.9. The Morgan fingerprint density at radius 2 is 2.18 bits per heavy atom. The molecule has 0 atom stereocenters. The summed E-state index contributed by atoms with van der Waals surface area (Å²) in [6.07, 6.45) is 0. The normalized spacial score (nSPS) is 11.2. The average molecular weight is 249 g/mol. The van der Waals surface area contributed by atoms with E-state index in [1.54, 1.807) is 23.5 Å². The molecule has 0 bridgehead atoms. The van der Waals surface area contributed by atoms with Crippen LogP contribution in [0, 0.1) is 0 Å². The van der Waals surface area contributed by atoms with Crippen molar-refractivity contribution >= 4 is 27.4 Å². The molecule has 0 amide bonds. The first-order valence-electron chi connectivity index (χ1n) is 5.55. The summed E-state index contributed by atoms with van der Waals surface area (Å²) in [4.78, 5) is 12.1. The molecule has 2 N–H and O–H groups in total. The van der Waals surface area contributed by atoms with E-state index in [9.17, 15) is 4.79 Å². The first-order valence-corrected chi connectivity index (χ1v) is 6.37. The predicted molar refractivity (Wildman–Crippen MR) is 70.8 cm³/mol. The Morgan fingerprint density at radius 1 is 1.41 bits per heavy atom. The molecule has 2 aromatic rings. The van der Waals surface area contributed by atoms with Gasteiger partial charge in [-0.05, 0) is 29.7 Å². The topological polar surface area (TPSA) is 49.3 Å². The maximum Gasteiger partial charge on any atom is 0.335 e. The SMILES string of the molecule is CC(C)NCc1cc2cc(C(=O)O)ccc2s1. The molecule has 1 heterocycles. The van der Waals surface area contributed by atoms with Gasteiger partial charge in [0.25, 0.3) is 0 Å². The Morgan fingerprint density at radius 3 is 2.82 bits per heavy atom. The molecule has 0 saturated carbocycles. The quantitative estimate of drug-likeness (QED) is 0.875. The Labute approximate surface area is 104 Å². The Hall–Kier alpha value is -1.39. The van der Waals surface area contributed by atoms with Crippen molar-refractivity contribution < 1.29 is 9.90 Å². The van der Waals surface area contributed by atoms with E-state index in [1.165, 1.54) is 4.88 Å². The van der Waals surface area contributed by atoms with Crippen LogP contribution in [0.4, 0.5) is 0 Å². The second-order valence-corrected chi connectivity index (χ2v) is 5.47. The van der Waals surface area contributed by atoms with E-state index in [4.69, 9.17) is 5.11 Å². The molecule has 0 aliphatic heterocycles. The van der Waals surface area contributed by atoms with Gasteiger partial charge >= 0.3 is 5.97 Å². The molecule has 3 nitrogen and oxygen atoms in total. The smallest absolute Gasteiger partial charge is 0.335 e. The van der Waals surface area contributed by atoms with Crippen molar-refractivity contribution in [1.29, 1.82) is 0 Å². The van der Waals surface area contributed by atoms with Gasteiger partial charge in [-0.15, -0.1) is 11.3 Å². The molecule has 0 unspecified atom stereocenters. The number of rotatable bonds is 4. The highest BCUT2D eigenvalue weighted by molar-refractivity contribution is 7.19. The lowest BCUT2D eigenvalue weighted by Crippen LogP contribution is -2.21. The van der Waals surface area contributed by atoms with Crippen LogP contribution in [0.25, 0.3) is 10.1 Å².